The molecule has 1 aromatic heterocycles. The average Bonchev–Trinajstić information content (AvgIpc) is 3.52. The number of hydrogen-bond acceptors (Lipinski definition) is 5. The topological polar surface area (TPSA) is 61.4 Å². The fraction of sp³-hybridized carbons (Fsp3) is 0.542. The monoisotopic (exact) mass is 567 g/mol. The quantitative estimate of drug-likeness (QED) is 0.512. The number of rotatable bonds is 4. The van der Waals surface area contributed by atoms with Crippen molar-refractivity contribution in [1.82, 2.24) is 9.97 Å². The van der Waals surface area contributed by atoms with Gasteiger partial charge in [0.25, 0.3) is 11.8 Å². The van der Waals surface area contributed by atoms with Gasteiger partial charge in [0.2, 0.25) is 5.95 Å². The molecule has 0 unspecified atom stereocenters. The molecular formula is C24H28F2IN5O. The molecule has 1 amide bonds. The van der Waals surface area contributed by atoms with Gasteiger partial charge in [-0.25, -0.2) is 13.8 Å². The summed E-state index contributed by atoms with van der Waals surface area (Å²) in [5.41, 5.74) is 2.83. The van der Waals surface area contributed by atoms with Gasteiger partial charge in [-0.3, -0.25) is 4.79 Å². The largest absolute Gasteiger partial charge is 0.371 e. The van der Waals surface area contributed by atoms with Crippen LogP contribution in [0.2, 0.25) is 0 Å². The number of hydrogen-bond donors (Lipinski definition) is 1. The fourth-order valence-corrected chi connectivity index (χ4v) is 5.31. The van der Waals surface area contributed by atoms with E-state index in [1.807, 2.05) is 19.1 Å². The second-order valence-corrected chi connectivity index (χ2v) is 10.9. The van der Waals surface area contributed by atoms with Crippen LogP contribution < -0.4 is 15.1 Å². The van der Waals surface area contributed by atoms with E-state index in [0.29, 0.717) is 28.4 Å². The molecule has 176 valence electrons. The molecule has 1 N–H and O–H groups in total. The summed E-state index contributed by atoms with van der Waals surface area (Å²) < 4.78 is 28.2. The van der Waals surface area contributed by atoms with Gasteiger partial charge in [-0.05, 0) is 78.8 Å². The van der Waals surface area contributed by atoms with Crippen molar-refractivity contribution in [2.24, 2.45) is 5.41 Å². The molecule has 2 aliphatic heterocycles. The van der Waals surface area contributed by atoms with E-state index in [9.17, 15) is 13.6 Å². The van der Waals surface area contributed by atoms with Gasteiger partial charge in [-0.2, -0.15) is 4.98 Å². The highest BCUT2D eigenvalue weighted by Crippen LogP contribution is 2.54. The van der Waals surface area contributed by atoms with Crippen LogP contribution in [0.4, 0.5) is 26.2 Å². The first-order valence-electron chi connectivity index (χ1n) is 11.6. The van der Waals surface area contributed by atoms with E-state index in [1.54, 1.807) is 11.0 Å². The van der Waals surface area contributed by atoms with Crippen LogP contribution in [0.25, 0.3) is 0 Å². The zero-order chi connectivity index (χ0) is 23.2. The first-order chi connectivity index (χ1) is 15.7. The number of carbonyl (C=O) groups is 1. The average molecular weight is 567 g/mol. The minimum Gasteiger partial charge on any atom is -0.371 e. The van der Waals surface area contributed by atoms with Crippen LogP contribution in [0.5, 0.6) is 0 Å². The number of carbonyl (C=O) groups excluding carboxylic acids is 1. The summed E-state index contributed by atoms with van der Waals surface area (Å²) in [6.45, 7) is 4.15. The van der Waals surface area contributed by atoms with Gasteiger partial charge in [-0.15, -0.1) is 0 Å². The second kappa shape index (κ2) is 8.63. The standard InChI is InChI=1S/C24H28F2IN5O/c1-16-14-20(30-22(28-16)32-12-8-24(25,26)9-13-32)29-21(33)18-3-2-17(27)15-19(18)31-10-6-23(4-5-23)7-11-31/h2-3,14-15H,4-13H2,1H3,(H,28,29,30,33). The molecule has 1 saturated carbocycles. The van der Waals surface area contributed by atoms with Crippen molar-refractivity contribution in [2.75, 3.05) is 41.3 Å². The summed E-state index contributed by atoms with van der Waals surface area (Å²) in [5.74, 6) is -2.08. The number of nitrogens with one attached hydrogen (secondary N) is 1. The lowest BCUT2D eigenvalue weighted by Crippen LogP contribution is -2.40. The number of piperidine rings is 2. The molecule has 1 aromatic carbocycles. The predicted octanol–water partition coefficient (Wildman–Crippen LogP) is 5.26. The van der Waals surface area contributed by atoms with Crippen LogP contribution in [-0.2, 0) is 0 Å². The maximum atomic E-state index is 13.5. The van der Waals surface area contributed by atoms with Crippen LogP contribution in [0.15, 0.2) is 24.3 Å². The Hall–Kier alpha value is -2.04. The smallest absolute Gasteiger partial charge is 0.258 e. The first-order valence-corrected chi connectivity index (χ1v) is 12.6. The summed E-state index contributed by atoms with van der Waals surface area (Å²) in [4.78, 5) is 26.3. The Kier molecular flexibility index (Phi) is 5.95. The van der Waals surface area contributed by atoms with E-state index >= 15 is 0 Å². The summed E-state index contributed by atoms with van der Waals surface area (Å²) in [6.07, 6.45) is 4.62. The Morgan fingerprint density at radius 2 is 1.64 bits per heavy atom. The molecule has 3 heterocycles. The van der Waals surface area contributed by atoms with Crippen LogP contribution in [0.3, 0.4) is 0 Å². The zero-order valence-electron chi connectivity index (χ0n) is 18.7. The van der Waals surface area contributed by atoms with Crippen molar-refractivity contribution in [1.29, 1.82) is 0 Å². The van der Waals surface area contributed by atoms with Gasteiger partial charge in [-0.1, -0.05) is 0 Å². The normalized spacial score (nSPS) is 21.2. The molecule has 1 aliphatic carbocycles. The number of alkyl halides is 2. The van der Waals surface area contributed by atoms with Gasteiger partial charge in [0.1, 0.15) is 5.82 Å². The van der Waals surface area contributed by atoms with Crippen molar-refractivity contribution < 1.29 is 13.6 Å². The molecule has 33 heavy (non-hydrogen) atoms. The van der Waals surface area contributed by atoms with Gasteiger partial charge < -0.3 is 15.1 Å². The van der Waals surface area contributed by atoms with Crippen molar-refractivity contribution in [2.45, 2.75) is 51.4 Å². The lowest BCUT2D eigenvalue weighted by Gasteiger charge is -2.35. The summed E-state index contributed by atoms with van der Waals surface area (Å²) in [5, 5.41) is 2.93. The highest BCUT2D eigenvalue weighted by Gasteiger charge is 2.44. The lowest BCUT2D eigenvalue weighted by molar-refractivity contribution is -0.0222. The molecule has 2 aromatic rings. The highest BCUT2D eigenvalue weighted by atomic mass is 127. The highest BCUT2D eigenvalue weighted by molar-refractivity contribution is 14.1. The Balaban J connectivity index is 1.34. The SMILES string of the molecule is Cc1cc(NC(=O)c2ccc(I)cc2N2CCC3(CC2)CC3)nc(N2CCC(F)(F)CC2)n1. The summed E-state index contributed by atoms with van der Waals surface area (Å²) >= 11 is 2.28. The van der Waals surface area contributed by atoms with Crippen LogP contribution in [0.1, 0.15) is 54.6 Å². The predicted molar refractivity (Wildman–Crippen MR) is 133 cm³/mol. The number of aryl methyl sites for hydroxylation is 1. The van der Waals surface area contributed by atoms with E-state index in [1.165, 1.54) is 25.7 Å². The number of nitrogens with zero attached hydrogens (tertiary/aromatic N) is 4. The molecule has 5 rings (SSSR count). The molecule has 1 spiro atoms. The van der Waals surface area contributed by atoms with E-state index < -0.39 is 5.92 Å². The molecule has 0 atom stereocenters. The molecule has 0 bridgehead atoms. The summed E-state index contributed by atoms with van der Waals surface area (Å²) in [6, 6.07) is 7.60. The minimum absolute atomic E-state index is 0.196. The van der Waals surface area contributed by atoms with Crippen LogP contribution in [-0.4, -0.2) is 48.0 Å². The van der Waals surface area contributed by atoms with Gasteiger partial charge in [0.15, 0.2) is 0 Å². The first kappa shape index (κ1) is 22.7. The molecule has 6 nitrogen and oxygen atoms in total. The number of halogens is 3. The number of anilines is 3. The van der Waals surface area contributed by atoms with Gasteiger partial charge in [0.05, 0.1) is 11.3 Å². The molecule has 3 fully saturated rings. The lowest BCUT2D eigenvalue weighted by atomic mass is 9.93. The third-order valence-corrected chi connectivity index (χ3v) is 7.86. The van der Waals surface area contributed by atoms with E-state index in [-0.39, 0.29) is 31.8 Å². The Labute approximate surface area is 206 Å². The third kappa shape index (κ3) is 5.07. The molecular weight excluding hydrogens is 539 g/mol. The summed E-state index contributed by atoms with van der Waals surface area (Å²) in [7, 11) is 0. The maximum Gasteiger partial charge on any atom is 0.258 e. The van der Waals surface area contributed by atoms with Crippen molar-refractivity contribution >= 4 is 46.0 Å². The van der Waals surface area contributed by atoms with E-state index in [0.717, 1.165) is 22.3 Å². The number of amides is 1. The maximum absolute atomic E-state index is 13.5. The third-order valence-electron chi connectivity index (χ3n) is 7.19. The molecule has 9 heteroatoms. The minimum atomic E-state index is -2.63. The number of aromatic nitrogens is 2. The second-order valence-electron chi connectivity index (χ2n) is 9.64. The Morgan fingerprint density at radius 3 is 2.30 bits per heavy atom. The van der Waals surface area contributed by atoms with Gasteiger partial charge >= 0.3 is 0 Å². The van der Waals surface area contributed by atoms with Crippen LogP contribution >= 0.6 is 22.6 Å². The van der Waals surface area contributed by atoms with Crippen LogP contribution in [0, 0.1) is 15.9 Å². The van der Waals surface area contributed by atoms with E-state index in [4.69, 9.17) is 0 Å². The van der Waals surface area contributed by atoms with E-state index in [2.05, 4.69) is 48.8 Å². The molecule has 3 aliphatic rings. The van der Waals surface area contributed by atoms with Gasteiger partial charge in [0, 0.05) is 54.4 Å². The zero-order valence-corrected chi connectivity index (χ0v) is 20.9. The Bertz CT molecular complexity index is 1050. The fourth-order valence-electron chi connectivity index (χ4n) is 4.83. The Morgan fingerprint density at radius 1 is 0.970 bits per heavy atom. The molecule has 2 saturated heterocycles. The van der Waals surface area contributed by atoms with Crippen molar-refractivity contribution in [3.63, 3.8) is 0 Å². The van der Waals surface area contributed by atoms with Crippen molar-refractivity contribution in [3.05, 3.63) is 39.1 Å². The number of benzene rings is 1. The van der Waals surface area contributed by atoms with Crippen molar-refractivity contribution in [3.8, 4) is 0 Å². The molecule has 0 radical (unpaired) electrons.